The zero-order chi connectivity index (χ0) is 21.0. The number of halogens is 2. The second-order valence-electron chi connectivity index (χ2n) is 6.75. The van der Waals surface area contributed by atoms with E-state index >= 15 is 4.39 Å². The van der Waals surface area contributed by atoms with Gasteiger partial charge in [-0.15, -0.1) is 22.7 Å². The van der Waals surface area contributed by atoms with Gasteiger partial charge in [-0.25, -0.2) is 14.4 Å². The van der Waals surface area contributed by atoms with Gasteiger partial charge < -0.3 is 10.1 Å². The zero-order valence-electron chi connectivity index (χ0n) is 16.1. The number of nitrogens with one attached hydrogen (secondary N) is 1. The van der Waals surface area contributed by atoms with Gasteiger partial charge in [-0.3, -0.25) is 4.79 Å². The molecule has 0 spiro atoms. The van der Waals surface area contributed by atoms with Crippen molar-refractivity contribution in [3.05, 3.63) is 45.2 Å². The number of carbonyl (C=O) groups excluding carboxylic acids is 1. The van der Waals surface area contributed by atoms with Gasteiger partial charge in [-0.05, 0) is 30.0 Å². The second-order valence-corrected chi connectivity index (χ2v) is 8.93. The molecule has 0 aliphatic heterocycles. The summed E-state index contributed by atoms with van der Waals surface area (Å²) in [4.78, 5) is 25.3. The van der Waals surface area contributed by atoms with E-state index in [1.807, 2.05) is 24.6 Å². The third-order valence-corrected chi connectivity index (χ3v) is 6.58. The Morgan fingerprint density at radius 3 is 2.76 bits per heavy atom. The highest BCUT2D eigenvalue weighted by atomic mass is 35.5. The number of rotatable bonds is 8. The van der Waals surface area contributed by atoms with Crippen LogP contribution in [0.2, 0.25) is 5.28 Å². The molecule has 0 fully saturated rings. The Hall–Kier alpha value is -2.10. The average molecular weight is 455 g/mol. The summed E-state index contributed by atoms with van der Waals surface area (Å²) in [6, 6.07) is 3.02. The molecule has 154 valence electrons. The van der Waals surface area contributed by atoms with Gasteiger partial charge in [0.15, 0.2) is 11.6 Å². The molecule has 0 aromatic carbocycles. The van der Waals surface area contributed by atoms with Crippen LogP contribution in [0.15, 0.2) is 29.1 Å². The van der Waals surface area contributed by atoms with Crippen molar-refractivity contribution in [2.45, 2.75) is 38.6 Å². The number of hydrogen-bond acceptors (Lipinski definition) is 8. The van der Waals surface area contributed by atoms with E-state index in [2.05, 4.69) is 20.3 Å². The average Bonchev–Trinajstić information content (AvgIpc) is 3.38. The molecule has 0 saturated heterocycles. The molecule has 0 bridgehead atoms. The molecule has 3 rings (SSSR count). The predicted molar refractivity (Wildman–Crippen MR) is 114 cm³/mol. The Bertz CT molecular complexity index is 965. The monoisotopic (exact) mass is 454 g/mol. The van der Waals surface area contributed by atoms with E-state index in [9.17, 15) is 4.79 Å². The summed E-state index contributed by atoms with van der Waals surface area (Å²) in [5.74, 6) is -1.08. The van der Waals surface area contributed by atoms with Crippen LogP contribution in [-0.2, 0) is 14.9 Å². The number of anilines is 1. The lowest BCUT2D eigenvalue weighted by Gasteiger charge is -2.33. The number of hydrogen-bond donors (Lipinski definition) is 1. The molecule has 0 radical (unpaired) electrons. The topological polar surface area (TPSA) is 77.0 Å². The summed E-state index contributed by atoms with van der Waals surface area (Å²) in [5, 5.41) is 7.47. The first-order valence-corrected chi connectivity index (χ1v) is 11.1. The minimum atomic E-state index is -0.624. The number of thiazole rings is 1. The van der Waals surface area contributed by atoms with E-state index < -0.39 is 23.2 Å². The van der Waals surface area contributed by atoms with E-state index in [1.54, 1.807) is 25.3 Å². The van der Waals surface area contributed by atoms with E-state index in [0.717, 1.165) is 5.01 Å². The van der Waals surface area contributed by atoms with Crippen molar-refractivity contribution in [1.82, 2.24) is 15.0 Å². The maximum atomic E-state index is 15.2. The van der Waals surface area contributed by atoms with E-state index in [4.69, 9.17) is 16.3 Å². The number of esters is 1. The van der Waals surface area contributed by atoms with Crippen molar-refractivity contribution >= 4 is 46.1 Å². The number of nitrogens with zero attached hydrogens (tertiary/aromatic N) is 3. The standard InChI is InChI=1S/C19H20ClFN4O2S2/c1-4-27-13(26)10-12(19(2,3)17-22-7-9-29-17)23-16-14(21)15(24-18(20)25-16)11-6-5-8-28-11/h5-9,12H,4,10H2,1-3H3,(H,23,24,25). The highest BCUT2D eigenvalue weighted by molar-refractivity contribution is 7.13. The van der Waals surface area contributed by atoms with Crippen LogP contribution in [0.3, 0.4) is 0 Å². The Kier molecular flexibility index (Phi) is 6.81. The Labute approximate surface area is 181 Å². The molecule has 0 amide bonds. The van der Waals surface area contributed by atoms with Crippen LogP contribution < -0.4 is 5.32 Å². The van der Waals surface area contributed by atoms with Gasteiger partial charge in [-0.2, -0.15) is 4.98 Å². The summed E-state index contributed by atoms with van der Waals surface area (Å²) < 4.78 is 20.3. The molecule has 3 aromatic rings. The number of aromatic nitrogens is 3. The lowest BCUT2D eigenvalue weighted by atomic mass is 9.83. The first kappa shape index (κ1) is 21.6. The molecule has 1 atom stereocenters. The number of ether oxygens (including phenoxy) is 1. The van der Waals surface area contributed by atoms with Crippen LogP contribution in [-0.4, -0.2) is 33.6 Å². The fraction of sp³-hybridized carbons (Fsp3) is 0.368. The van der Waals surface area contributed by atoms with Crippen LogP contribution >= 0.6 is 34.3 Å². The lowest BCUT2D eigenvalue weighted by molar-refractivity contribution is -0.143. The quantitative estimate of drug-likeness (QED) is 0.374. The minimum Gasteiger partial charge on any atom is -0.466 e. The third-order valence-electron chi connectivity index (χ3n) is 4.42. The first-order valence-electron chi connectivity index (χ1n) is 8.92. The summed E-state index contributed by atoms with van der Waals surface area (Å²) in [6.45, 7) is 5.87. The molecular weight excluding hydrogens is 435 g/mol. The van der Waals surface area contributed by atoms with E-state index in [1.165, 1.54) is 22.7 Å². The predicted octanol–water partition coefficient (Wildman–Crippen LogP) is 5.17. The van der Waals surface area contributed by atoms with Crippen molar-refractivity contribution < 1.29 is 13.9 Å². The number of carbonyl (C=O) groups is 1. The number of thiophene rings is 1. The van der Waals surface area contributed by atoms with Crippen molar-refractivity contribution in [2.24, 2.45) is 0 Å². The van der Waals surface area contributed by atoms with Crippen LogP contribution in [0.5, 0.6) is 0 Å². The van der Waals surface area contributed by atoms with Gasteiger partial charge in [-0.1, -0.05) is 19.9 Å². The Morgan fingerprint density at radius 1 is 1.34 bits per heavy atom. The lowest BCUT2D eigenvalue weighted by Crippen LogP contribution is -2.42. The zero-order valence-corrected chi connectivity index (χ0v) is 18.5. The van der Waals surface area contributed by atoms with Crippen molar-refractivity contribution in [1.29, 1.82) is 0 Å². The summed E-state index contributed by atoms with van der Waals surface area (Å²) in [7, 11) is 0. The molecule has 1 unspecified atom stereocenters. The molecule has 6 nitrogen and oxygen atoms in total. The maximum Gasteiger partial charge on any atom is 0.307 e. The highest BCUT2D eigenvalue weighted by Crippen LogP contribution is 2.35. The van der Waals surface area contributed by atoms with Crippen LogP contribution in [0.25, 0.3) is 10.6 Å². The van der Waals surface area contributed by atoms with Gasteiger partial charge in [0.2, 0.25) is 5.28 Å². The van der Waals surface area contributed by atoms with Crippen molar-refractivity contribution in [3.8, 4) is 10.6 Å². The molecule has 3 heterocycles. The summed E-state index contributed by atoms with van der Waals surface area (Å²) >= 11 is 8.88. The molecule has 1 N–H and O–H groups in total. The fourth-order valence-corrected chi connectivity index (χ4v) is 4.52. The van der Waals surface area contributed by atoms with Crippen LogP contribution in [0.1, 0.15) is 32.2 Å². The van der Waals surface area contributed by atoms with Crippen molar-refractivity contribution in [3.63, 3.8) is 0 Å². The van der Waals surface area contributed by atoms with Gasteiger partial charge in [0.25, 0.3) is 0 Å². The summed E-state index contributed by atoms with van der Waals surface area (Å²) in [6.07, 6.45) is 1.70. The van der Waals surface area contributed by atoms with E-state index in [0.29, 0.717) is 4.88 Å². The SMILES string of the molecule is CCOC(=O)CC(Nc1nc(Cl)nc(-c2cccs2)c1F)C(C)(C)c1nccs1. The Morgan fingerprint density at radius 2 is 2.14 bits per heavy atom. The molecule has 0 aliphatic carbocycles. The molecule has 29 heavy (non-hydrogen) atoms. The third kappa shape index (κ3) is 4.91. The van der Waals surface area contributed by atoms with Crippen LogP contribution in [0, 0.1) is 5.82 Å². The van der Waals surface area contributed by atoms with E-state index in [-0.39, 0.29) is 29.8 Å². The molecule has 0 saturated carbocycles. The smallest absolute Gasteiger partial charge is 0.307 e. The van der Waals surface area contributed by atoms with Crippen LogP contribution in [0.4, 0.5) is 10.2 Å². The van der Waals surface area contributed by atoms with Gasteiger partial charge >= 0.3 is 5.97 Å². The summed E-state index contributed by atoms with van der Waals surface area (Å²) in [5.41, 5.74) is -0.488. The molecule has 3 aromatic heterocycles. The minimum absolute atomic E-state index is 0.00974. The van der Waals surface area contributed by atoms with Crippen molar-refractivity contribution in [2.75, 3.05) is 11.9 Å². The molecule has 0 aliphatic rings. The molecule has 10 heteroatoms. The molecular formula is C19H20ClFN4O2S2. The highest BCUT2D eigenvalue weighted by Gasteiger charge is 2.37. The largest absolute Gasteiger partial charge is 0.466 e. The first-order chi connectivity index (χ1) is 13.8. The second kappa shape index (κ2) is 9.15. The Balaban J connectivity index is 1.98. The van der Waals surface area contributed by atoms with Gasteiger partial charge in [0.05, 0.1) is 17.9 Å². The maximum absolute atomic E-state index is 15.2. The van der Waals surface area contributed by atoms with Gasteiger partial charge in [0, 0.05) is 23.0 Å². The normalized spacial score (nSPS) is 12.6. The fourth-order valence-electron chi connectivity index (χ4n) is 2.82. The van der Waals surface area contributed by atoms with Gasteiger partial charge in [0.1, 0.15) is 10.7 Å².